The second-order valence-electron chi connectivity index (χ2n) is 7.43. The first-order chi connectivity index (χ1) is 14.1. The maximum atomic E-state index is 12.7. The van der Waals surface area contributed by atoms with E-state index in [9.17, 15) is 9.59 Å². The molecule has 2 aliphatic rings. The Morgan fingerprint density at radius 3 is 2.28 bits per heavy atom. The first-order valence-corrected chi connectivity index (χ1v) is 10.0. The fourth-order valence-corrected chi connectivity index (χ4v) is 3.91. The Kier molecular flexibility index (Phi) is 5.51. The number of carbonyl (C=O) groups excluding carboxylic acids is 2. The third-order valence-electron chi connectivity index (χ3n) is 5.64. The van der Waals surface area contributed by atoms with E-state index in [2.05, 4.69) is 28.8 Å². The summed E-state index contributed by atoms with van der Waals surface area (Å²) in [6, 6.07) is 16.1. The predicted octanol–water partition coefficient (Wildman–Crippen LogP) is 3.71. The highest BCUT2D eigenvalue weighted by Crippen LogP contribution is 2.24. The molecule has 0 saturated heterocycles. The van der Waals surface area contributed by atoms with Gasteiger partial charge in [0.05, 0.1) is 0 Å². The molecule has 0 radical (unpaired) electrons. The zero-order valence-electron chi connectivity index (χ0n) is 16.6. The van der Waals surface area contributed by atoms with E-state index in [4.69, 9.17) is 0 Å². The van der Waals surface area contributed by atoms with Gasteiger partial charge in [-0.2, -0.15) is 0 Å². The number of anilines is 1. The molecule has 2 N–H and O–H groups in total. The van der Waals surface area contributed by atoms with Crippen LogP contribution in [0, 0.1) is 0 Å². The summed E-state index contributed by atoms with van der Waals surface area (Å²) in [7, 11) is 1.65. The number of hydrogen-bond donors (Lipinski definition) is 2. The molecule has 4 amide bonds. The summed E-state index contributed by atoms with van der Waals surface area (Å²) in [5, 5.41) is 5.67. The van der Waals surface area contributed by atoms with Crippen molar-refractivity contribution in [2.75, 3.05) is 32.0 Å². The van der Waals surface area contributed by atoms with Crippen molar-refractivity contribution < 1.29 is 9.59 Å². The summed E-state index contributed by atoms with van der Waals surface area (Å²) in [4.78, 5) is 28.0. The van der Waals surface area contributed by atoms with Crippen LogP contribution in [-0.4, -0.2) is 48.5 Å². The van der Waals surface area contributed by atoms with Gasteiger partial charge in [0.2, 0.25) is 0 Å². The Morgan fingerprint density at radius 1 is 0.862 bits per heavy atom. The van der Waals surface area contributed by atoms with Crippen LogP contribution in [0.5, 0.6) is 0 Å². The lowest BCUT2D eigenvalue weighted by Gasteiger charge is -2.29. The van der Waals surface area contributed by atoms with Crippen LogP contribution in [0.1, 0.15) is 23.1 Å². The van der Waals surface area contributed by atoms with E-state index >= 15 is 0 Å². The Bertz CT molecular complexity index is 936. The van der Waals surface area contributed by atoms with E-state index in [0.29, 0.717) is 19.6 Å². The quantitative estimate of drug-likeness (QED) is 0.821. The molecule has 6 heteroatoms. The maximum Gasteiger partial charge on any atom is 0.322 e. The van der Waals surface area contributed by atoms with Crippen LogP contribution in [0.2, 0.25) is 0 Å². The molecule has 29 heavy (non-hydrogen) atoms. The third-order valence-corrected chi connectivity index (χ3v) is 5.64. The van der Waals surface area contributed by atoms with E-state index in [-0.39, 0.29) is 12.1 Å². The lowest BCUT2D eigenvalue weighted by atomic mass is 9.99. The summed E-state index contributed by atoms with van der Waals surface area (Å²) in [6.45, 7) is 2.70. The molecule has 150 valence electrons. The van der Waals surface area contributed by atoms with E-state index in [1.54, 1.807) is 11.9 Å². The topological polar surface area (TPSA) is 64.7 Å². The van der Waals surface area contributed by atoms with Crippen molar-refractivity contribution in [1.82, 2.24) is 15.1 Å². The van der Waals surface area contributed by atoms with Gasteiger partial charge in [-0.25, -0.2) is 9.59 Å². The molecule has 2 aliphatic heterocycles. The first kappa shape index (κ1) is 19.1. The standard InChI is InChI=1S/C23H26N4O2/c1-24-22(28)26-13-10-19(11-14-26)18-6-8-21(9-7-18)25-23(29)27-15-12-17-4-2-3-5-20(17)16-27/h2-10H,11-16H2,1H3,(H,24,28)(H,25,29). The molecule has 0 fully saturated rings. The fraction of sp³-hybridized carbons (Fsp3) is 0.304. The maximum absolute atomic E-state index is 12.7. The summed E-state index contributed by atoms with van der Waals surface area (Å²) in [5.74, 6) is 0. The average molecular weight is 390 g/mol. The third kappa shape index (κ3) is 4.26. The van der Waals surface area contributed by atoms with Crippen molar-refractivity contribution in [1.29, 1.82) is 0 Å². The van der Waals surface area contributed by atoms with Crippen molar-refractivity contribution in [3.05, 3.63) is 71.3 Å². The number of carbonyl (C=O) groups is 2. The van der Waals surface area contributed by atoms with Crippen molar-refractivity contribution in [2.45, 2.75) is 19.4 Å². The predicted molar refractivity (Wildman–Crippen MR) is 115 cm³/mol. The number of urea groups is 2. The Labute approximate surface area is 171 Å². The van der Waals surface area contributed by atoms with Crippen molar-refractivity contribution in [3.63, 3.8) is 0 Å². The number of hydrogen-bond acceptors (Lipinski definition) is 2. The van der Waals surface area contributed by atoms with E-state index in [1.165, 1.54) is 16.7 Å². The number of nitrogens with zero attached hydrogens (tertiary/aromatic N) is 2. The highest BCUT2D eigenvalue weighted by Gasteiger charge is 2.20. The smallest absolute Gasteiger partial charge is 0.322 e. The van der Waals surface area contributed by atoms with Gasteiger partial charge >= 0.3 is 12.1 Å². The van der Waals surface area contributed by atoms with E-state index < -0.39 is 0 Å². The molecule has 0 unspecified atom stereocenters. The summed E-state index contributed by atoms with van der Waals surface area (Å²) >= 11 is 0. The van der Waals surface area contributed by atoms with Crippen LogP contribution in [0.25, 0.3) is 5.57 Å². The highest BCUT2D eigenvalue weighted by atomic mass is 16.2. The second-order valence-corrected chi connectivity index (χ2v) is 7.43. The van der Waals surface area contributed by atoms with Crippen molar-refractivity contribution in [3.8, 4) is 0 Å². The monoisotopic (exact) mass is 390 g/mol. The first-order valence-electron chi connectivity index (χ1n) is 10.0. The fourth-order valence-electron chi connectivity index (χ4n) is 3.91. The molecule has 0 aliphatic carbocycles. The summed E-state index contributed by atoms with van der Waals surface area (Å²) < 4.78 is 0. The van der Waals surface area contributed by atoms with Crippen LogP contribution in [-0.2, 0) is 13.0 Å². The lowest BCUT2D eigenvalue weighted by Crippen LogP contribution is -2.40. The van der Waals surface area contributed by atoms with Gasteiger partial charge in [-0.05, 0) is 47.2 Å². The Balaban J connectivity index is 1.36. The van der Waals surface area contributed by atoms with Crippen LogP contribution < -0.4 is 10.6 Å². The molecule has 2 heterocycles. The number of nitrogens with one attached hydrogen (secondary N) is 2. The van der Waals surface area contributed by atoms with Gasteiger partial charge in [0.15, 0.2) is 0 Å². The number of rotatable bonds is 2. The SMILES string of the molecule is CNC(=O)N1CC=C(c2ccc(NC(=O)N3CCc4ccccc4C3)cc2)CC1. The average Bonchev–Trinajstić information content (AvgIpc) is 2.79. The van der Waals surface area contributed by atoms with Gasteiger partial charge in [-0.3, -0.25) is 0 Å². The Hall–Kier alpha value is -3.28. The minimum atomic E-state index is -0.0645. The highest BCUT2D eigenvalue weighted by molar-refractivity contribution is 5.89. The summed E-state index contributed by atoms with van der Waals surface area (Å²) in [6.07, 6.45) is 3.81. The molecule has 0 spiro atoms. The zero-order valence-corrected chi connectivity index (χ0v) is 16.6. The summed E-state index contributed by atoms with van der Waals surface area (Å²) in [5.41, 5.74) is 5.71. The van der Waals surface area contributed by atoms with Crippen LogP contribution >= 0.6 is 0 Å². The van der Waals surface area contributed by atoms with Crippen LogP contribution in [0.15, 0.2) is 54.6 Å². The number of fused-ring (bicyclic) bond motifs is 1. The van der Waals surface area contributed by atoms with E-state index in [1.807, 2.05) is 41.3 Å². The second kappa shape index (κ2) is 8.39. The van der Waals surface area contributed by atoms with Crippen LogP contribution in [0.3, 0.4) is 0 Å². The van der Waals surface area contributed by atoms with Gasteiger partial charge in [0.25, 0.3) is 0 Å². The number of amides is 4. The molecule has 2 aromatic carbocycles. The molecule has 2 aromatic rings. The van der Waals surface area contributed by atoms with Gasteiger partial charge < -0.3 is 20.4 Å². The van der Waals surface area contributed by atoms with Crippen LogP contribution in [0.4, 0.5) is 15.3 Å². The van der Waals surface area contributed by atoms with Gasteiger partial charge in [0.1, 0.15) is 0 Å². The molecule has 0 bridgehead atoms. The minimum Gasteiger partial charge on any atom is -0.341 e. The van der Waals surface area contributed by atoms with E-state index in [0.717, 1.165) is 30.6 Å². The molecule has 0 atom stereocenters. The zero-order chi connectivity index (χ0) is 20.2. The minimum absolute atomic E-state index is 0.0429. The molecular formula is C23H26N4O2. The lowest BCUT2D eigenvalue weighted by molar-refractivity contribution is 0.205. The van der Waals surface area contributed by atoms with Crippen molar-refractivity contribution >= 4 is 23.3 Å². The van der Waals surface area contributed by atoms with Crippen molar-refractivity contribution in [2.24, 2.45) is 0 Å². The molecule has 0 saturated carbocycles. The van der Waals surface area contributed by atoms with Gasteiger partial charge in [0, 0.05) is 38.9 Å². The molecular weight excluding hydrogens is 364 g/mol. The number of benzene rings is 2. The molecule has 4 rings (SSSR count). The molecule has 0 aromatic heterocycles. The van der Waals surface area contributed by atoms with Gasteiger partial charge in [-0.1, -0.05) is 42.5 Å². The molecule has 6 nitrogen and oxygen atoms in total. The van der Waals surface area contributed by atoms with Gasteiger partial charge in [-0.15, -0.1) is 0 Å². The Morgan fingerprint density at radius 2 is 1.59 bits per heavy atom. The largest absolute Gasteiger partial charge is 0.341 e. The normalized spacial score (nSPS) is 16.0.